The number of benzene rings is 1. The fraction of sp³-hybridized carbons (Fsp3) is 0.294. The largest absolute Gasteiger partial charge is 0.357 e. The Hall–Kier alpha value is -2.81. The van der Waals surface area contributed by atoms with E-state index in [-0.39, 0.29) is 6.54 Å². The molecule has 5 nitrogen and oxygen atoms in total. The van der Waals surface area contributed by atoms with E-state index in [1.54, 1.807) is 12.1 Å². The summed E-state index contributed by atoms with van der Waals surface area (Å²) >= 11 is 0. The van der Waals surface area contributed by atoms with E-state index in [0.717, 1.165) is 19.6 Å². The van der Waals surface area contributed by atoms with Crippen molar-refractivity contribution in [3.05, 3.63) is 59.7 Å². The van der Waals surface area contributed by atoms with Gasteiger partial charge >= 0.3 is 0 Å². The first-order valence-corrected chi connectivity index (χ1v) is 7.54. The van der Waals surface area contributed by atoms with Crippen LogP contribution in [0, 0.1) is 17.1 Å². The number of aliphatic imine (C=N–C) groups is 1. The maximum absolute atomic E-state index is 13.8. The van der Waals surface area contributed by atoms with Crippen molar-refractivity contribution in [2.45, 2.75) is 20.0 Å². The van der Waals surface area contributed by atoms with Gasteiger partial charge in [0.1, 0.15) is 5.82 Å². The van der Waals surface area contributed by atoms with E-state index < -0.39 is 5.82 Å². The number of nitrogens with one attached hydrogen (secondary N) is 2. The van der Waals surface area contributed by atoms with Gasteiger partial charge in [0.05, 0.1) is 18.2 Å². The van der Waals surface area contributed by atoms with Crippen LogP contribution in [0.2, 0.25) is 0 Å². The standard InChI is InChI=1S/C17H20FN5/c1-2-20-17(21-7-10-23-8-3-4-9-23)22-13-15-6-5-14(12-19)11-16(15)18/h3-6,8-9,11H,2,7,10,13H2,1H3,(H2,20,21,22). The Bertz CT molecular complexity index is 686. The molecule has 1 heterocycles. The maximum Gasteiger partial charge on any atom is 0.191 e. The summed E-state index contributed by atoms with van der Waals surface area (Å²) in [5.41, 5.74) is 0.776. The smallest absolute Gasteiger partial charge is 0.191 e. The molecule has 0 aliphatic carbocycles. The molecule has 6 heteroatoms. The van der Waals surface area contributed by atoms with Crippen LogP contribution >= 0.6 is 0 Å². The predicted molar refractivity (Wildman–Crippen MR) is 88.4 cm³/mol. The van der Waals surface area contributed by atoms with Gasteiger partial charge < -0.3 is 15.2 Å². The van der Waals surface area contributed by atoms with Crippen molar-refractivity contribution in [2.24, 2.45) is 4.99 Å². The molecule has 0 fully saturated rings. The molecular weight excluding hydrogens is 293 g/mol. The first-order valence-electron chi connectivity index (χ1n) is 7.54. The Morgan fingerprint density at radius 3 is 2.74 bits per heavy atom. The van der Waals surface area contributed by atoms with Crippen LogP contribution < -0.4 is 10.6 Å². The second-order valence-electron chi connectivity index (χ2n) is 4.96. The normalized spacial score (nSPS) is 11.1. The Morgan fingerprint density at radius 1 is 1.30 bits per heavy atom. The van der Waals surface area contributed by atoms with Crippen LogP contribution in [0.4, 0.5) is 4.39 Å². The molecule has 0 radical (unpaired) electrons. The number of nitriles is 1. The van der Waals surface area contributed by atoms with Gasteiger partial charge in [0.25, 0.3) is 0 Å². The van der Waals surface area contributed by atoms with Gasteiger partial charge in [-0.1, -0.05) is 6.07 Å². The average Bonchev–Trinajstić information content (AvgIpc) is 3.06. The summed E-state index contributed by atoms with van der Waals surface area (Å²) in [5, 5.41) is 15.1. The zero-order valence-corrected chi connectivity index (χ0v) is 13.1. The summed E-state index contributed by atoms with van der Waals surface area (Å²) < 4.78 is 15.9. The number of rotatable bonds is 6. The second kappa shape index (κ2) is 8.59. The van der Waals surface area contributed by atoms with E-state index in [0.29, 0.717) is 17.1 Å². The summed E-state index contributed by atoms with van der Waals surface area (Å²) in [6.45, 7) is 4.46. The van der Waals surface area contributed by atoms with Gasteiger partial charge in [-0.3, -0.25) is 0 Å². The molecule has 0 unspecified atom stereocenters. The second-order valence-corrected chi connectivity index (χ2v) is 4.96. The molecule has 0 amide bonds. The van der Waals surface area contributed by atoms with Gasteiger partial charge in [0, 0.05) is 37.6 Å². The molecule has 0 aliphatic rings. The molecule has 0 atom stereocenters. The van der Waals surface area contributed by atoms with E-state index in [4.69, 9.17) is 5.26 Å². The summed E-state index contributed by atoms with van der Waals surface area (Å²) in [6.07, 6.45) is 4.00. The van der Waals surface area contributed by atoms with Crippen molar-refractivity contribution in [1.29, 1.82) is 5.26 Å². The minimum absolute atomic E-state index is 0.219. The van der Waals surface area contributed by atoms with Crippen molar-refractivity contribution in [3.63, 3.8) is 0 Å². The van der Waals surface area contributed by atoms with Crippen molar-refractivity contribution in [3.8, 4) is 6.07 Å². The maximum atomic E-state index is 13.8. The lowest BCUT2D eigenvalue weighted by atomic mass is 10.1. The highest BCUT2D eigenvalue weighted by atomic mass is 19.1. The third-order valence-corrected chi connectivity index (χ3v) is 3.26. The third-order valence-electron chi connectivity index (χ3n) is 3.26. The number of halogens is 1. The van der Waals surface area contributed by atoms with Gasteiger partial charge in [-0.25, -0.2) is 9.38 Å². The van der Waals surface area contributed by atoms with E-state index >= 15 is 0 Å². The minimum atomic E-state index is -0.406. The van der Waals surface area contributed by atoms with Crippen molar-refractivity contribution in [2.75, 3.05) is 13.1 Å². The topological polar surface area (TPSA) is 65.1 Å². The molecule has 23 heavy (non-hydrogen) atoms. The van der Waals surface area contributed by atoms with Gasteiger partial charge in [-0.05, 0) is 31.2 Å². The lowest BCUT2D eigenvalue weighted by Crippen LogP contribution is -2.38. The van der Waals surface area contributed by atoms with Gasteiger partial charge in [0.15, 0.2) is 5.96 Å². The van der Waals surface area contributed by atoms with Gasteiger partial charge in [-0.2, -0.15) is 5.26 Å². The molecule has 0 saturated heterocycles. The number of hydrogen-bond acceptors (Lipinski definition) is 2. The molecule has 0 spiro atoms. The van der Waals surface area contributed by atoms with Crippen molar-refractivity contribution >= 4 is 5.96 Å². The summed E-state index contributed by atoms with van der Waals surface area (Å²) in [6, 6.07) is 10.3. The molecule has 120 valence electrons. The van der Waals surface area contributed by atoms with E-state index in [2.05, 4.69) is 20.2 Å². The molecular formula is C17H20FN5. The third kappa shape index (κ3) is 5.15. The molecule has 2 N–H and O–H groups in total. The van der Waals surface area contributed by atoms with Crippen LogP contribution in [0.5, 0.6) is 0 Å². The molecule has 1 aromatic heterocycles. The predicted octanol–water partition coefficient (Wildman–Crippen LogP) is 2.25. The molecule has 2 aromatic rings. The van der Waals surface area contributed by atoms with Gasteiger partial charge in [0.2, 0.25) is 0 Å². The monoisotopic (exact) mass is 313 g/mol. The lowest BCUT2D eigenvalue weighted by Gasteiger charge is -2.12. The van der Waals surface area contributed by atoms with Crippen LogP contribution in [0.3, 0.4) is 0 Å². The quantitative estimate of drug-likeness (QED) is 0.635. The number of hydrogen-bond donors (Lipinski definition) is 2. The Morgan fingerprint density at radius 2 is 2.09 bits per heavy atom. The molecule has 0 aliphatic heterocycles. The van der Waals surface area contributed by atoms with Gasteiger partial charge in [-0.15, -0.1) is 0 Å². The summed E-state index contributed by atoms with van der Waals surface area (Å²) in [5.74, 6) is 0.236. The highest BCUT2D eigenvalue weighted by Gasteiger charge is 2.04. The van der Waals surface area contributed by atoms with Crippen molar-refractivity contribution in [1.82, 2.24) is 15.2 Å². The van der Waals surface area contributed by atoms with Crippen molar-refractivity contribution < 1.29 is 4.39 Å². The van der Waals surface area contributed by atoms with Crippen LogP contribution in [0.1, 0.15) is 18.1 Å². The first-order chi connectivity index (χ1) is 11.2. The average molecular weight is 313 g/mol. The minimum Gasteiger partial charge on any atom is -0.357 e. The van der Waals surface area contributed by atoms with Crippen LogP contribution in [-0.4, -0.2) is 23.6 Å². The highest BCUT2D eigenvalue weighted by Crippen LogP contribution is 2.10. The fourth-order valence-electron chi connectivity index (χ4n) is 2.07. The molecule has 1 aromatic carbocycles. The fourth-order valence-corrected chi connectivity index (χ4v) is 2.07. The molecule has 0 saturated carbocycles. The van der Waals surface area contributed by atoms with Crippen LogP contribution in [0.15, 0.2) is 47.7 Å². The first kappa shape index (κ1) is 16.6. The number of nitrogens with zero attached hydrogens (tertiary/aromatic N) is 3. The Kier molecular flexibility index (Phi) is 6.18. The van der Waals surface area contributed by atoms with E-state index in [1.807, 2.05) is 37.5 Å². The SMILES string of the molecule is CCNC(=NCc1ccc(C#N)cc1F)NCCn1cccc1. The Labute approximate surface area is 135 Å². The van der Waals surface area contributed by atoms with Crippen LogP contribution in [-0.2, 0) is 13.1 Å². The van der Waals surface area contributed by atoms with E-state index in [9.17, 15) is 4.39 Å². The summed E-state index contributed by atoms with van der Waals surface area (Å²) in [4.78, 5) is 4.38. The lowest BCUT2D eigenvalue weighted by molar-refractivity contribution is 0.609. The zero-order valence-electron chi connectivity index (χ0n) is 13.1. The van der Waals surface area contributed by atoms with E-state index in [1.165, 1.54) is 6.07 Å². The zero-order chi connectivity index (χ0) is 16.5. The summed E-state index contributed by atoms with van der Waals surface area (Å²) in [7, 11) is 0. The molecule has 0 bridgehead atoms. The Balaban J connectivity index is 1.94. The highest BCUT2D eigenvalue weighted by molar-refractivity contribution is 5.79. The number of guanidine groups is 1. The number of aromatic nitrogens is 1. The molecule has 2 rings (SSSR count). The van der Waals surface area contributed by atoms with Crippen LogP contribution in [0.25, 0.3) is 0 Å².